The van der Waals surface area contributed by atoms with E-state index >= 15 is 0 Å². The summed E-state index contributed by atoms with van der Waals surface area (Å²) in [7, 11) is 0. The highest BCUT2D eigenvalue weighted by Gasteiger charge is 2.15. The van der Waals surface area contributed by atoms with Crippen LogP contribution < -0.4 is 11.2 Å². The Balaban J connectivity index is 1.54. The Bertz CT molecular complexity index is 834. The van der Waals surface area contributed by atoms with Crippen molar-refractivity contribution in [2.24, 2.45) is 0 Å². The van der Waals surface area contributed by atoms with Crippen LogP contribution in [0.4, 0.5) is 4.39 Å². The molecule has 3 N–H and O–H groups in total. The van der Waals surface area contributed by atoms with Crippen LogP contribution in [0.25, 0.3) is 11.6 Å². The Morgan fingerprint density at radius 3 is 2.88 bits per heavy atom. The number of nitrogens with zero attached hydrogens (tertiary/aromatic N) is 3. The zero-order valence-corrected chi connectivity index (χ0v) is 13.3. The molecular formula is C15H14FN5O2S. The number of carbonyl (C=O) groups is 1. The van der Waals surface area contributed by atoms with Gasteiger partial charge in [0.15, 0.2) is 5.76 Å². The molecule has 2 aromatic heterocycles. The summed E-state index contributed by atoms with van der Waals surface area (Å²) in [6, 6.07) is 9.71. The first-order valence-electron chi connectivity index (χ1n) is 7.02. The number of thioether (sulfide) groups is 1. The number of furan rings is 1. The summed E-state index contributed by atoms with van der Waals surface area (Å²) in [6.07, 6.45) is 1.51. The smallest absolute Gasteiger partial charge is 0.230 e. The maximum Gasteiger partial charge on any atom is 0.230 e. The van der Waals surface area contributed by atoms with Crippen LogP contribution in [0.1, 0.15) is 5.56 Å². The summed E-state index contributed by atoms with van der Waals surface area (Å²) in [6.45, 7) is 0.124. The summed E-state index contributed by atoms with van der Waals surface area (Å²) in [5.74, 6) is 6.23. The lowest BCUT2D eigenvalue weighted by Crippen LogP contribution is -2.25. The van der Waals surface area contributed by atoms with Crippen molar-refractivity contribution in [3.63, 3.8) is 0 Å². The lowest BCUT2D eigenvalue weighted by Gasteiger charge is -2.06. The fraction of sp³-hybridized carbons (Fsp3) is 0.133. The second-order valence-electron chi connectivity index (χ2n) is 4.81. The van der Waals surface area contributed by atoms with Crippen LogP contribution in [0.2, 0.25) is 0 Å². The molecule has 0 aliphatic carbocycles. The normalized spacial score (nSPS) is 10.7. The Kier molecular flexibility index (Phi) is 4.80. The summed E-state index contributed by atoms with van der Waals surface area (Å²) in [5, 5.41) is 10.9. The SMILES string of the molecule is Nn1c(SCC(=O)NCc2ccccc2F)nnc1-c1ccco1. The van der Waals surface area contributed by atoms with Crippen LogP contribution in [0, 0.1) is 5.82 Å². The number of carbonyl (C=O) groups excluding carboxylic acids is 1. The van der Waals surface area contributed by atoms with Crippen molar-refractivity contribution in [3.8, 4) is 11.6 Å². The highest BCUT2D eigenvalue weighted by Crippen LogP contribution is 2.21. The second-order valence-corrected chi connectivity index (χ2v) is 5.75. The topological polar surface area (TPSA) is 99.0 Å². The number of nitrogens with two attached hydrogens (primary N) is 1. The number of benzene rings is 1. The van der Waals surface area contributed by atoms with Gasteiger partial charge in [0, 0.05) is 12.1 Å². The lowest BCUT2D eigenvalue weighted by atomic mass is 10.2. The summed E-state index contributed by atoms with van der Waals surface area (Å²) < 4.78 is 19.9. The van der Waals surface area contributed by atoms with E-state index in [-0.39, 0.29) is 24.0 Å². The van der Waals surface area contributed by atoms with Gasteiger partial charge in [0.2, 0.25) is 16.9 Å². The Morgan fingerprint density at radius 1 is 1.29 bits per heavy atom. The minimum atomic E-state index is -0.352. The molecule has 2 heterocycles. The molecule has 0 saturated carbocycles. The average molecular weight is 347 g/mol. The molecule has 0 unspecified atom stereocenters. The molecule has 124 valence electrons. The van der Waals surface area contributed by atoms with Crippen molar-refractivity contribution in [2.75, 3.05) is 11.6 Å². The van der Waals surface area contributed by atoms with Gasteiger partial charge in [0.25, 0.3) is 0 Å². The number of amides is 1. The van der Waals surface area contributed by atoms with E-state index in [0.717, 1.165) is 11.8 Å². The van der Waals surface area contributed by atoms with Crippen molar-refractivity contribution in [1.82, 2.24) is 20.2 Å². The standard InChI is InChI=1S/C15H14FN5O2S/c16-11-5-2-1-4-10(11)8-18-13(22)9-24-15-20-19-14(21(15)17)12-6-3-7-23-12/h1-7H,8-9,17H2,(H,18,22). The van der Waals surface area contributed by atoms with Crippen molar-refractivity contribution in [3.05, 3.63) is 54.0 Å². The van der Waals surface area contributed by atoms with Gasteiger partial charge in [-0.2, -0.15) is 0 Å². The zero-order valence-electron chi connectivity index (χ0n) is 12.5. The van der Waals surface area contributed by atoms with E-state index in [1.54, 1.807) is 30.3 Å². The maximum absolute atomic E-state index is 13.5. The van der Waals surface area contributed by atoms with Gasteiger partial charge in [-0.1, -0.05) is 30.0 Å². The number of nitrogen functional groups attached to an aromatic ring is 1. The van der Waals surface area contributed by atoms with Crippen molar-refractivity contribution < 1.29 is 13.6 Å². The molecule has 0 saturated heterocycles. The molecule has 0 radical (unpaired) electrons. The first-order chi connectivity index (χ1) is 11.6. The molecule has 0 aliphatic heterocycles. The highest BCUT2D eigenvalue weighted by atomic mass is 32.2. The zero-order chi connectivity index (χ0) is 16.9. The third-order valence-corrected chi connectivity index (χ3v) is 4.12. The minimum Gasteiger partial charge on any atom is -0.461 e. The van der Waals surface area contributed by atoms with Gasteiger partial charge < -0.3 is 15.6 Å². The van der Waals surface area contributed by atoms with Gasteiger partial charge in [-0.25, -0.2) is 9.07 Å². The number of rotatable bonds is 6. The molecule has 0 spiro atoms. The number of halogens is 1. The van der Waals surface area contributed by atoms with Crippen LogP contribution in [0.15, 0.2) is 52.2 Å². The highest BCUT2D eigenvalue weighted by molar-refractivity contribution is 7.99. The molecule has 0 bridgehead atoms. The van der Waals surface area contributed by atoms with Crippen molar-refractivity contribution in [1.29, 1.82) is 0 Å². The number of aromatic nitrogens is 3. The van der Waals surface area contributed by atoms with Crippen molar-refractivity contribution in [2.45, 2.75) is 11.7 Å². The fourth-order valence-electron chi connectivity index (χ4n) is 1.97. The van der Waals surface area contributed by atoms with E-state index in [2.05, 4.69) is 15.5 Å². The predicted octanol–water partition coefficient (Wildman–Crippen LogP) is 1.80. The Morgan fingerprint density at radius 2 is 2.12 bits per heavy atom. The largest absolute Gasteiger partial charge is 0.461 e. The molecule has 3 rings (SSSR count). The van der Waals surface area contributed by atoms with E-state index in [4.69, 9.17) is 10.3 Å². The molecule has 0 aliphatic rings. The molecule has 24 heavy (non-hydrogen) atoms. The van der Waals surface area contributed by atoms with Crippen LogP contribution in [0.3, 0.4) is 0 Å². The molecule has 1 aromatic carbocycles. The summed E-state index contributed by atoms with van der Waals surface area (Å²) in [5.41, 5.74) is 0.429. The molecule has 1 amide bonds. The van der Waals surface area contributed by atoms with Crippen LogP contribution in [-0.2, 0) is 11.3 Å². The number of hydrogen-bond donors (Lipinski definition) is 2. The van der Waals surface area contributed by atoms with Gasteiger partial charge in [-0.3, -0.25) is 4.79 Å². The molecule has 0 atom stereocenters. The Labute approximate surface area is 141 Å². The quantitative estimate of drug-likeness (QED) is 0.521. The molecule has 7 nitrogen and oxygen atoms in total. The minimum absolute atomic E-state index is 0.0853. The van der Waals surface area contributed by atoms with Gasteiger partial charge >= 0.3 is 0 Å². The van der Waals surface area contributed by atoms with E-state index in [0.29, 0.717) is 22.3 Å². The summed E-state index contributed by atoms with van der Waals surface area (Å²) >= 11 is 1.13. The van der Waals surface area contributed by atoms with Crippen molar-refractivity contribution >= 4 is 17.7 Å². The maximum atomic E-state index is 13.5. The first kappa shape index (κ1) is 16.1. The van der Waals surface area contributed by atoms with Crippen LogP contribution >= 0.6 is 11.8 Å². The fourth-order valence-corrected chi connectivity index (χ4v) is 2.65. The van der Waals surface area contributed by atoms with E-state index < -0.39 is 0 Å². The van der Waals surface area contributed by atoms with Gasteiger partial charge in [-0.05, 0) is 18.2 Å². The monoisotopic (exact) mass is 347 g/mol. The van der Waals surface area contributed by atoms with Gasteiger partial charge in [0.05, 0.1) is 12.0 Å². The van der Waals surface area contributed by atoms with E-state index in [1.807, 2.05) is 0 Å². The van der Waals surface area contributed by atoms with Gasteiger partial charge in [0.1, 0.15) is 5.82 Å². The van der Waals surface area contributed by atoms with Crippen LogP contribution in [0.5, 0.6) is 0 Å². The van der Waals surface area contributed by atoms with Crippen LogP contribution in [-0.4, -0.2) is 26.5 Å². The second kappa shape index (κ2) is 7.18. The molecule has 0 fully saturated rings. The average Bonchev–Trinajstić information content (AvgIpc) is 3.22. The summed E-state index contributed by atoms with van der Waals surface area (Å²) in [4.78, 5) is 11.9. The molecule has 3 aromatic rings. The third kappa shape index (κ3) is 3.57. The first-order valence-corrected chi connectivity index (χ1v) is 8.01. The molecular weight excluding hydrogens is 333 g/mol. The predicted molar refractivity (Wildman–Crippen MR) is 86.8 cm³/mol. The van der Waals surface area contributed by atoms with Gasteiger partial charge in [-0.15, -0.1) is 10.2 Å². The number of hydrogen-bond acceptors (Lipinski definition) is 6. The van der Waals surface area contributed by atoms with E-state index in [1.165, 1.54) is 17.0 Å². The molecule has 9 heteroatoms. The third-order valence-electron chi connectivity index (χ3n) is 3.17. The lowest BCUT2D eigenvalue weighted by molar-refractivity contribution is -0.118. The Hall–Kier alpha value is -2.81. The van der Waals surface area contributed by atoms with E-state index in [9.17, 15) is 9.18 Å². The number of nitrogens with one attached hydrogen (secondary N) is 1.